The number of hydrogen-bond donors (Lipinski definition) is 1. The van der Waals surface area contributed by atoms with Gasteiger partial charge in [-0.3, -0.25) is 9.78 Å². The van der Waals surface area contributed by atoms with E-state index < -0.39 is 23.1 Å². The van der Waals surface area contributed by atoms with Crippen LogP contribution in [-0.4, -0.2) is 29.0 Å². The fourth-order valence-electron chi connectivity index (χ4n) is 3.25. The first-order valence-corrected chi connectivity index (χ1v) is 9.96. The summed E-state index contributed by atoms with van der Waals surface area (Å²) in [5.41, 5.74) is 2.94. The molecule has 3 aromatic rings. The van der Waals surface area contributed by atoms with Crippen LogP contribution in [0.25, 0.3) is 5.57 Å². The van der Waals surface area contributed by atoms with E-state index in [9.17, 15) is 13.6 Å². The van der Waals surface area contributed by atoms with Crippen molar-refractivity contribution in [3.05, 3.63) is 76.6 Å². The van der Waals surface area contributed by atoms with Gasteiger partial charge in [-0.05, 0) is 43.2 Å². The summed E-state index contributed by atoms with van der Waals surface area (Å²) >= 11 is 1.60. The van der Waals surface area contributed by atoms with E-state index in [1.165, 1.54) is 17.8 Å². The Balaban J connectivity index is 1.51. The molecule has 29 heavy (non-hydrogen) atoms. The summed E-state index contributed by atoms with van der Waals surface area (Å²) in [5, 5.41) is 5.43. The van der Waals surface area contributed by atoms with Crippen LogP contribution in [0.15, 0.2) is 53.7 Å². The van der Waals surface area contributed by atoms with E-state index in [1.54, 1.807) is 29.7 Å². The molecule has 0 atom stereocenters. The minimum atomic E-state index is -0.905. The van der Waals surface area contributed by atoms with E-state index in [0.29, 0.717) is 12.2 Å². The molecule has 4 rings (SSSR count). The van der Waals surface area contributed by atoms with Crippen molar-refractivity contribution in [1.82, 2.24) is 9.97 Å². The molecule has 0 saturated heterocycles. The predicted octanol–water partition coefficient (Wildman–Crippen LogP) is 4.75. The summed E-state index contributed by atoms with van der Waals surface area (Å²) in [6.45, 7) is 3.70. The van der Waals surface area contributed by atoms with Crippen LogP contribution in [0.3, 0.4) is 0 Å². The fraction of sp³-hybridized carbons (Fsp3) is 0.190. The molecule has 0 unspecified atom stereocenters. The van der Waals surface area contributed by atoms with Crippen molar-refractivity contribution in [3.8, 4) is 0 Å². The van der Waals surface area contributed by atoms with Crippen LogP contribution in [0.5, 0.6) is 0 Å². The molecular weight excluding hydrogens is 394 g/mol. The Morgan fingerprint density at radius 1 is 1.17 bits per heavy atom. The van der Waals surface area contributed by atoms with Crippen LogP contribution in [-0.2, 0) is 0 Å². The molecular formula is C21H18F2N4OS. The average molecular weight is 412 g/mol. The Morgan fingerprint density at radius 3 is 2.62 bits per heavy atom. The Morgan fingerprint density at radius 2 is 1.97 bits per heavy atom. The number of benzene rings is 1. The molecule has 1 aliphatic rings. The number of rotatable bonds is 4. The van der Waals surface area contributed by atoms with Gasteiger partial charge in [0.25, 0.3) is 5.91 Å². The second kappa shape index (κ2) is 8.08. The lowest BCUT2D eigenvalue weighted by atomic mass is 9.98. The molecule has 0 fully saturated rings. The molecule has 2 aromatic heterocycles. The van der Waals surface area contributed by atoms with Gasteiger partial charge in [-0.25, -0.2) is 13.8 Å². The van der Waals surface area contributed by atoms with Crippen LogP contribution >= 0.6 is 11.3 Å². The van der Waals surface area contributed by atoms with Gasteiger partial charge < -0.3 is 10.2 Å². The minimum absolute atomic E-state index is 0.368. The van der Waals surface area contributed by atoms with E-state index in [2.05, 4.69) is 27.1 Å². The molecule has 5 nitrogen and oxygen atoms in total. The number of nitrogens with zero attached hydrogens (tertiary/aromatic N) is 3. The van der Waals surface area contributed by atoms with Gasteiger partial charge >= 0.3 is 0 Å². The number of aromatic nitrogens is 2. The molecule has 0 saturated carbocycles. The van der Waals surface area contributed by atoms with E-state index >= 15 is 0 Å². The molecule has 1 aliphatic heterocycles. The minimum Gasteiger partial charge on any atom is -0.343 e. The highest BCUT2D eigenvalue weighted by Gasteiger charge is 2.21. The largest absolute Gasteiger partial charge is 0.343 e. The third-order valence-electron chi connectivity index (χ3n) is 4.83. The molecule has 1 aromatic carbocycles. The van der Waals surface area contributed by atoms with Crippen molar-refractivity contribution in [2.75, 3.05) is 23.3 Å². The van der Waals surface area contributed by atoms with E-state index in [0.717, 1.165) is 41.5 Å². The fourth-order valence-corrected chi connectivity index (χ4v) is 3.92. The first kappa shape index (κ1) is 19.2. The maximum atomic E-state index is 13.8. The first-order chi connectivity index (χ1) is 14.0. The van der Waals surface area contributed by atoms with Gasteiger partial charge in [0.2, 0.25) is 0 Å². The smallest absolute Gasteiger partial charge is 0.261 e. The molecule has 8 heteroatoms. The summed E-state index contributed by atoms with van der Waals surface area (Å²) < 4.78 is 27.6. The topological polar surface area (TPSA) is 58.1 Å². The summed E-state index contributed by atoms with van der Waals surface area (Å²) in [4.78, 5) is 23.3. The second-order valence-electron chi connectivity index (χ2n) is 6.73. The van der Waals surface area contributed by atoms with Crippen molar-refractivity contribution in [3.63, 3.8) is 0 Å². The molecule has 148 valence electrons. The standard InChI is InChI=1S/C21H18F2N4OS/c1-13-7-9-27(21-24-8-10-29-21)12-15(13)18-6-5-14(11-25-18)26-20(28)19-16(22)3-2-4-17(19)23/h2-6,8,10-11H,7,9,12H2,1H3,(H,26,28). The molecule has 0 bridgehead atoms. The van der Waals surface area contributed by atoms with E-state index in [4.69, 9.17) is 0 Å². The van der Waals surface area contributed by atoms with Crippen molar-refractivity contribution in [2.45, 2.75) is 13.3 Å². The number of halogens is 2. The molecule has 1 amide bonds. The number of nitrogens with one attached hydrogen (secondary N) is 1. The van der Waals surface area contributed by atoms with Crippen LogP contribution in [0, 0.1) is 11.6 Å². The van der Waals surface area contributed by atoms with Crippen molar-refractivity contribution >= 4 is 33.6 Å². The third-order valence-corrected chi connectivity index (χ3v) is 5.66. The monoisotopic (exact) mass is 412 g/mol. The van der Waals surface area contributed by atoms with Gasteiger partial charge in [0.05, 0.1) is 17.6 Å². The molecule has 0 radical (unpaired) electrons. The summed E-state index contributed by atoms with van der Waals surface area (Å²) in [7, 11) is 0. The summed E-state index contributed by atoms with van der Waals surface area (Å²) in [5.74, 6) is -2.66. The van der Waals surface area contributed by atoms with Gasteiger partial charge in [-0.2, -0.15) is 0 Å². The Labute approximate surface area is 170 Å². The summed E-state index contributed by atoms with van der Waals surface area (Å²) in [6.07, 6.45) is 4.20. The predicted molar refractivity (Wildman–Crippen MR) is 110 cm³/mol. The summed E-state index contributed by atoms with van der Waals surface area (Å²) in [6, 6.07) is 6.80. The zero-order valence-corrected chi connectivity index (χ0v) is 16.5. The molecule has 0 aliphatic carbocycles. The normalized spacial score (nSPS) is 14.2. The highest BCUT2D eigenvalue weighted by atomic mass is 32.1. The number of hydrogen-bond acceptors (Lipinski definition) is 5. The second-order valence-corrected chi connectivity index (χ2v) is 7.60. The lowest BCUT2D eigenvalue weighted by Gasteiger charge is -2.29. The van der Waals surface area contributed by atoms with E-state index in [-0.39, 0.29) is 0 Å². The number of anilines is 2. The van der Waals surface area contributed by atoms with Gasteiger partial charge in [0.1, 0.15) is 17.2 Å². The van der Waals surface area contributed by atoms with Crippen LogP contribution in [0.2, 0.25) is 0 Å². The van der Waals surface area contributed by atoms with Crippen molar-refractivity contribution in [1.29, 1.82) is 0 Å². The van der Waals surface area contributed by atoms with Crippen molar-refractivity contribution < 1.29 is 13.6 Å². The van der Waals surface area contributed by atoms with Crippen LogP contribution in [0.4, 0.5) is 19.6 Å². The Hall–Kier alpha value is -3.13. The lowest BCUT2D eigenvalue weighted by Crippen LogP contribution is -2.30. The van der Waals surface area contributed by atoms with Gasteiger partial charge in [-0.1, -0.05) is 11.6 Å². The first-order valence-electron chi connectivity index (χ1n) is 9.08. The van der Waals surface area contributed by atoms with Crippen molar-refractivity contribution in [2.24, 2.45) is 0 Å². The molecule has 3 heterocycles. The number of carbonyl (C=O) groups is 1. The Kier molecular flexibility index (Phi) is 5.35. The number of thiazole rings is 1. The van der Waals surface area contributed by atoms with E-state index in [1.807, 2.05) is 5.38 Å². The quantitative estimate of drug-likeness (QED) is 0.672. The molecule has 1 N–H and O–H groups in total. The maximum Gasteiger partial charge on any atom is 0.261 e. The lowest BCUT2D eigenvalue weighted by molar-refractivity contribution is 0.101. The van der Waals surface area contributed by atoms with Gasteiger partial charge in [0.15, 0.2) is 5.13 Å². The van der Waals surface area contributed by atoms with Crippen LogP contribution < -0.4 is 10.2 Å². The van der Waals surface area contributed by atoms with Gasteiger partial charge in [0, 0.05) is 24.7 Å². The zero-order valence-electron chi connectivity index (χ0n) is 15.7. The molecule has 0 spiro atoms. The SMILES string of the molecule is CC1=C(c2ccc(NC(=O)c3c(F)cccc3F)cn2)CN(c2nccs2)CC1. The zero-order chi connectivity index (χ0) is 20.4. The third kappa shape index (κ3) is 4.02. The number of pyridine rings is 1. The number of carbonyl (C=O) groups excluding carboxylic acids is 1. The Bertz CT molecular complexity index is 1040. The average Bonchev–Trinajstić information content (AvgIpc) is 3.24. The maximum absolute atomic E-state index is 13.8. The van der Waals surface area contributed by atoms with Crippen LogP contribution in [0.1, 0.15) is 29.4 Å². The highest BCUT2D eigenvalue weighted by molar-refractivity contribution is 7.13. The highest BCUT2D eigenvalue weighted by Crippen LogP contribution is 2.30. The number of amides is 1. The van der Waals surface area contributed by atoms with Gasteiger partial charge in [-0.15, -0.1) is 11.3 Å².